The van der Waals surface area contributed by atoms with E-state index in [0.717, 1.165) is 12.8 Å². The zero-order valence-electron chi connectivity index (χ0n) is 20.2. The number of aromatic nitrogens is 1. The van der Waals surface area contributed by atoms with Crippen LogP contribution < -0.4 is 20.9 Å². The van der Waals surface area contributed by atoms with Gasteiger partial charge in [-0.3, -0.25) is 14.3 Å². The summed E-state index contributed by atoms with van der Waals surface area (Å²) >= 11 is 0. The van der Waals surface area contributed by atoms with Crippen LogP contribution in [0.15, 0.2) is 23.0 Å². The summed E-state index contributed by atoms with van der Waals surface area (Å²) < 4.78 is 13.4. The normalized spacial score (nSPS) is 12.1. The second-order valence-corrected chi connectivity index (χ2v) is 10.2. The molecule has 0 atom stereocenters. The minimum absolute atomic E-state index is 0.196. The monoisotopic (exact) mass is 431 g/mol. The second kappa shape index (κ2) is 9.20. The fourth-order valence-electron chi connectivity index (χ4n) is 3.25. The van der Waals surface area contributed by atoms with Crippen LogP contribution in [0.2, 0.25) is 0 Å². The highest BCUT2D eigenvalue weighted by Crippen LogP contribution is 2.37. The maximum Gasteiger partial charge on any atom is 0.415 e. The molecule has 2 aromatic rings. The molecule has 7 heteroatoms. The summed E-state index contributed by atoms with van der Waals surface area (Å²) in [4.78, 5) is 27.9. The molecule has 0 bridgehead atoms. The number of ether oxygens (including phenoxy) is 2. The molecule has 0 aliphatic rings. The van der Waals surface area contributed by atoms with Crippen molar-refractivity contribution in [3.8, 4) is 5.75 Å². The van der Waals surface area contributed by atoms with E-state index in [0.29, 0.717) is 41.2 Å². The van der Waals surface area contributed by atoms with Gasteiger partial charge in [-0.05, 0) is 50.8 Å². The molecule has 0 unspecified atom stereocenters. The van der Waals surface area contributed by atoms with Crippen LogP contribution in [0, 0.1) is 5.41 Å². The molecule has 0 radical (unpaired) electrons. The molecule has 0 saturated carbocycles. The molecular formula is C24H37N3O4. The molecule has 0 aliphatic heterocycles. The third-order valence-corrected chi connectivity index (χ3v) is 4.58. The van der Waals surface area contributed by atoms with Gasteiger partial charge in [0.2, 0.25) is 0 Å². The fourth-order valence-corrected chi connectivity index (χ4v) is 3.25. The number of rotatable bonds is 6. The fraction of sp³-hybridized carbons (Fsp3) is 0.583. The van der Waals surface area contributed by atoms with Gasteiger partial charge in [0, 0.05) is 24.7 Å². The van der Waals surface area contributed by atoms with Crippen molar-refractivity contribution < 1.29 is 14.3 Å². The smallest absolute Gasteiger partial charge is 0.415 e. The van der Waals surface area contributed by atoms with E-state index in [-0.39, 0.29) is 11.0 Å². The summed E-state index contributed by atoms with van der Waals surface area (Å²) in [7, 11) is 1.60. The lowest BCUT2D eigenvalue weighted by Gasteiger charge is -2.30. The molecule has 1 amide bonds. The minimum Gasteiger partial charge on any atom is -0.489 e. The molecular weight excluding hydrogens is 394 g/mol. The largest absolute Gasteiger partial charge is 0.489 e. The van der Waals surface area contributed by atoms with Crippen LogP contribution in [0.4, 0.5) is 16.3 Å². The highest BCUT2D eigenvalue weighted by atomic mass is 16.6. The van der Waals surface area contributed by atoms with E-state index in [1.54, 1.807) is 50.6 Å². The lowest BCUT2D eigenvalue weighted by molar-refractivity contribution is 0.0585. The average Bonchev–Trinajstić information content (AvgIpc) is 2.62. The van der Waals surface area contributed by atoms with E-state index in [1.165, 1.54) is 4.90 Å². The maximum atomic E-state index is 13.5. The summed E-state index contributed by atoms with van der Waals surface area (Å²) in [5.41, 5.74) is 5.47. The van der Waals surface area contributed by atoms with Crippen molar-refractivity contribution in [3.63, 3.8) is 0 Å². The van der Waals surface area contributed by atoms with Crippen molar-refractivity contribution in [2.75, 3.05) is 24.3 Å². The summed E-state index contributed by atoms with van der Waals surface area (Å²) in [5, 5.41) is 1.10. The third-order valence-electron chi connectivity index (χ3n) is 4.58. The van der Waals surface area contributed by atoms with Gasteiger partial charge in [0.15, 0.2) is 11.6 Å². The van der Waals surface area contributed by atoms with Crippen molar-refractivity contribution >= 4 is 28.4 Å². The van der Waals surface area contributed by atoms with Gasteiger partial charge in [0.1, 0.15) is 5.60 Å². The molecule has 1 aromatic carbocycles. The lowest BCUT2D eigenvalue weighted by Crippen LogP contribution is -2.39. The molecule has 31 heavy (non-hydrogen) atoms. The van der Waals surface area contributed by atoms with Crippen molar-refractivity contribution in [2.45, 2.75) is 73.5 Å². The molecule has 2 N–H and O–H groups in total. The van der Waals surface area contributed by atoms with Gasteiger partial charge in [-0.25, -0.2) is 4.79 Å². The first-order chi connectivity index (χ1) is 14.2. The molecule has 0 aliphatic carbocycles. The summed E-state index contributed by atoms with van der Waals surface area (Å²) in [6.07, 6.45) is 1.25. The van der Waals surface area contributed by atoms with Crippen molar-refractivity contribution in [3.05, 3.63) is 28.6 Å². The Kier molecular flexibility index (Phi) is 7.29. The van der Waals surface area contributed by atoms with E-state index >= 15 is 0 Å². The Morgan fingerprint density at radius 3 is 2.32 bits per heavy atom. The molecule has 172 valence electrons. The lowest BCUT2D eigenvalue weighted by atomic mass is 9.96. The molecule has 1 aromatic heterocycles. The number of benzene rings is 1. The van der Waals surface area contributed by atoms with Gasteiger partial charge < -0.3 is 15.2 Å². The predicted molar refractivity (Wildman–Crippen MR) is 127 cm³/mol. The van der Waals surface area contributed by atoms with Crippen LogP contribution in [0.3, 0.4) is 0 Å². The first-order valence-electron chi connectivity index (χ1n) is 10.8. The van der Waals surface area contributed by atoms with Crippen LogP contribution in [0.5, 0.6) is 5.75 Å². The van der Waals surface area contributed by atoms with Gasteiger partial charge in [0.05, 0.1) is 12.0 Å². The Morgan fingerprint density at radius 2 is 1.77 bits per heavy atom. The number of fused-ring (bicyclic) bond motifs is 1. The Bertz CT molecular complexity index is 997. The quantitative estimate of drug-likeness (QED) is 0.503. The van der Waals surface area contributed by atoms with E-state index in [4.69, 9.17) is 15.2 Å². The van der Waals surface area contributed by atoms with Gasteiger partial charge in [-0.2, -0.15) is 0 Å². The van der Waals surface area contributed by atoms with Gasteiger partial charge in [-0.15, -0.1) is 0 Å². The van der Waals surface area contributed by atoms with Crippen molar-refractivity contribution in [1.82, 2.24) is 4.57 Å². The highest BCUT2D eigenvalue weighted by Gasteiger charge is 2.29. The number of nitrogens with zero attached hydrogens (tertiary/aromatic N) is 2. The van der Waals surface area contributed by atoms with Crippen LogP contribution in [0.1, 0.15) is 61.3 Å². The number of hydrogen-bond acceptors (Lipinski definition) is 5. The number of hydrogen-bond donors (Lipinski definition) is 1. The molecule has 2 rings (SSSR count). The Labute approximate surface area is 185 Å². The number of nitrogen functional groups attached to an aromatic ring is 1. The van der Waals surface area contributed by atoms with Gasteiger partial charge in [-0.1, -0.05) is 34.1 Å². The third kappa shape index (κ3) is 6.15. The number of nitrogens with two attached hydrogens (primary N) is 1. The maximum absolute atomic E-state index is 13.5. The number of amides is 1. The van der Waals surface area contributed by atoms with E-state index in [1.807, 2.05) is 20.8 Å². The molecule has 0 spiro atoms. The first-order valence-corrected chi connectivity index (χ1v) is 10.8. The van der Waals surface area contributed by atoms with E-state index in [9.17, 15) is 9.59 Å². The van der Waals surface area contributed by atoms with Crippen LogP contribution in [-0.4, -0.2) is 29.9 Å². The predicted octanol–water partition coefficient (Wildman–Crippen LogP) is 5.18. The Balaban J connectivity index is 2.84. The summed E-state index contributed by atoms with van der Waals surface area (Å²) in [6, 6.07) is 5.15. The van der Waals surface area contributed by atoms with E-state index in [2.05, 4.69) is 6.92 Å². The number of anilines is 2. The topological polar surface area (TPSA) is 86.8 Å². The zero-order chi connectivity index (χ0) is 23.6. The molecule has 0 fully saturated rings. The zero-order valence-corrected chi connectivity index (χ0v) is 20.2. The Hall–Kier alpha value is -2.70. The summed E-state index contributed by atoms with van der Waals surface area (Å²) in [5.74, 6) is 0.844. The average molecular weight is 432 g/mol. The second-order valence-electron chi connectivity index (χ2n) is 10.2. The standard InChI is InChI=1S/C24H37N3O4/c1-9-10-13-30-19-18-14-16(25)11-12-17(18)21(28)27(15-23(2,3)4)20(19)26(8)22(29)31-24(5,6)7/h11-12,14H,9-10,13,15,25H2,1-8H3. The number of carbonyl (C=O) groups excluding carboxylic acids is 1. The number of unbranched alkanes of at least 4 members (excludes halogenated alkanes) is 1. The van der Waals surface area contributed by atoms with Crippen LogP contribution in [-0.2, 0) is 11.3 Å². The highest BCUT2D eigenvalue weighted by molar-refractivity contribution is 5.98. The van der Waals surface area contributed by atoms with Crippen LogP contribution >= 0.6 is 0 Å². The minimum atomic E-state index is -0.676. The Morgan fingerprint density at radius 1 is 1.13 bits per heavy atom. The van der Waals surface area contributed by atoms with E-state index < -0.39 is 11.7 Å². The SMILES string of the molecule is CCCCOc1c(N(C)C(=O)OC(C)(C)C)n(CC(C)(C)C)c(=O)c2ccc(N)cc12. The molecule has 0 saturated heterocycles. The van der Waals surface area contributed by atoms with Gasteiger partial charge >= 0.3 is 6.09 Å². The number of pyridine rings is 1. The van der Waals surface area contributed by atoms with Gasteiger partial charge in [0.25, 0.3) is 5.56 Å². The van der Waals surface area contributed by atoms with Crippen molar-refractivity contribution in [2.24, 2.45) is 5.41 Å². The molecule has 7 nitrogen and oxygen atoms in total. The summed E-state index contributed by atoms with van der Waals surface area (Å²) in [6.45, 7) is 14.5. The first kappa shape index (κ1) is 24.6. The van der Waals surface area contributed by atoms with Crippen molar-refractivity contribution in [1.29, 1.82) is 0 Å². The molecule has 1 heterocycles. The van der Waals surface area contributed by atoms with Crippen LogP contribution in [0.25, 0.3) is 10.8 Å². The number of carbonyl (C=O) groups is 1.